The summed E-state index contributed by atoms with van der Waals surface area (Å²) < 4.78 is 0. The third-order valence-electron chi connectivity index (χ3n) is 1.13. The van der Waals surface area contributed by atoms with E-state index in [9.17, 15) is 0 Å². The van der Waals surface area contributed by atoms with E-state index in [-0.39, 0.29) is 0 Å². The molecule has 1 atom stereocenters. The lowest BCUT2D eigenvalue weighted by atomic mass is 10.3. The van der Waals surface area contributed by atoms with Gasteiger partial charge in [0.2, 0.25) is 0 Å². The average molecular weight is 157 g/mol. The van der Waals surface area contributed by atoms with Crippen molar-refractivity contribution in [2.24, 2.45) is 5.73 Å². The van der Waals surface area contributed by atoms with Crippen LogP contribution in [0.2, 0.25) is 19.6 Å². The van der Waals surface area contributed by atoms with Gasteiger partial charge >= 0.3 is 0 Å². The number of hydrogen-bond donors (Lipinski definition) is 1. The molecule has 0 unspecified atom stereocenters. The Morgan fingerprint density at radius 3 is 2.20 bits per heavy atom. The van der Waals surface area contributed by atoms with Gasteiger partial charge in [-0.25, -0.2) is 0 Å². The minimum Gasteiger partial charge on any atom is -0.328 e. The van der Waals surface area contributed by atoms with Crippen LogP contribution >= 0.6 is 0 Å². The fourth-order valence-electron chi connectivity index (χ4n) is 0.636. The van der Waals surface area contributed by atoms with E-state index >= 15 is 0 Å². The van der Waals surface area contributed by atoms with E-state index in [0.29, 0.717) is 6.04 Å². The lowest BCUT2D eigenvalue weighted by molar-refractivity contribution is 0.757. The van der Waals surface area contributed by atoms with Crippen LogP contribution in [-0.2, 0) is 0 Å². The van der Waals surface area contributed by atoms with Crippen molar-refractivity contribution in [3.8, 4) is 0 Å². The van der Waals surface area contributed by atoms with Crippen LogP contribution in [-0.4, -0.2) is 14.1 Å². The summed E-state index contributed by atoms with van der Waals surface area (Å²) in [5.41, 5.74) is 7.93. The Balaban J connectivity index is 3.57. The van der Waals surface area contributed by atoms with Crippen LogP contribution in [0.25, 0.3) is 0 Å². The van der Waals surface area contributed by atoms with Crippen molar-refractivity contribution in [2.45, 2.75) is 39.0 Å². The van der Waals surface area contributed by atoms with Gasteiger partial charge in [0.15, 0.2) is 0 Å². The molecule has 0 aromatic carbocycles. The molecule has 0 aromatic heterocycles. The average Bonchev–Trinajstić information content (AvgIpc) is 1.59. The zero-order chi connectivity index (χ0) is 8.20. The molecule has 1 nitrogen and oxygen atoms in total. The van der Waals surface area contributed by atoms with Crippen molar-refractivity contribution in [3.63, 3.8) is 0 Å². The molecule has 0 radical (unpaired) electrons. The summed E-state index contributed by atoms with van der Waals surface area (Å²) in [5, 5.41) is 0. The van der Waals surface area contributed by atoms with Crippen molar-refractivity contribution in [3.05, 3.63) is 11.8 Å². The largest absolute Gasteiger partial charge is 0.328 e. The van der Waals surface area contributed by atoms with Crippen LogP contribution in [0.4, 0.5) is 0 Å². The molecule has 0 aliphatic carbocycles. The predicted molar refractivity (Wildman–Crippen MR) is 50.8 cm³/mol. The number of rotatable bonds is 3. The third kappa shape index (κ3) is 7.92. The minimum atomic E-state index is -0.960. The van der Waals surface area contributed by atoms with Crippen LogP contribution in [0.3, 0.4) is 0 Å². The molecule has 0 aliphatic rings. The molecule has 0 spiro atoms. The molecule has 0 bridgehead atoms. The first-order chi connectivity index (χ1) is 4.42. The monoisotopic (exact) mass is 157 g/mol. The highest BCUT2D eigenvalue weighted by atomic mass is 28.3. The Bertz CT molecular complexity index is 111. The summed E-state index contributed by atoms with van der Waals surface area (Å²) in [7, 11) is -0.960. The highest BCUT2D eigenvalue weighted by Gasteiger charge is 2.05. The topological polar surface area (TPSA) is 26.0 Å². The van der Waals surface area contributed by atoms with Gasteiger partial charge in [-0.15, -0.1) is 0 Å². The summed E-state index contributed by atoms with van der Waals surface area (Å²) in [6.45, 7) is 9.01. The summed E-state index contributed by atoms with van der Waals surface area (Å²) in [5.74, 6) is 0. The number of hydrogen-bond acceptors (Lipinski definition) is 1. The molecular weight excluding hydrogens is 138 g/mol. The minimum absolute atomic E-state index is 0.313. The molecule has 0 fully saturated rings. The van der Waals surface area contributed by atoms with Gasteiger partial charge < -0.3 is 5.73 Å². The predicted octanol–water partition coefficient (Wildman–Crippen LogP) is 2.16. The summed E-state index contributed by atoms with van der Waals surface area (Å²) in [4.78, 5) is 0. The molecule has 0 aliphatic heterocycles. The zero-order valence-electron chi connectivity index (χ0n) is 7.52. The standard InChI is InChI=1S/C8H19NSi/c1-8(9)6-5-7-10(2,3)4/h5,7-8H,6,9H2,1-4H3/b7-5-/t8-/m0/s1. The Kier molecular flexibility index (Phi) is 3.90. The molecule has 2 N–H and O–H groups in total. The summed E-state index contributed by atoms with van der Waals surface area (Å²) in [6, 6.07) is 0.313. The second kappa shape index (κ2) is 3.94. The molecule has 0 aromatic rings. The van der Waals surface area contributed by atoms with Crippen LogP contribution in [0, 0.1) is 0 Å². The van der Waals surface area contributed by atoms with Crippen molar-refractivity contribution < 1.29 is 0 Å². The molecule has 10 heavy (non-hydrogen) atoms. The van der Waals surface area contributed by atoms with E-state index in [0.717, 1.165) is 6.42 Å². The van der Waals surface area contributed by atoms with Gasteiger partial charge in [0, 0.05) is 6.04 Å². The quantitative estimate of drug-likeness (QED) is 0.624. The molecule has 0 rings (SSSR count). The zero-order valence-corrected chi connectivity index (χ0v) is 8.52. The Labute approximate surface area is 65.3 Å². The number of nitrogens with two attached hydrogens (primary N) is 1. The second-order valence-corrected chi connectivity index (χ2v) is 9.05. The van der Waals surface area contributed by atoms with Gasteiger partial charge in [0.25, 0.3) is 0 Å². The molecule has 0 saturated heterocycles. The van der Waals surface area contributed by atoms with E-state index in [1.54, 1.807) is 0 Å². The molecule has 2 heteroatoms. The van der Waals surface area contributed by atoms with Crippen molar-refractivity contribution >= 4 is 8.07 Å². The Morgan fingerprint density at radius 2 is 1.90 bits per heavy atom. The molecule has 0 saturated carbocycles. The van der Waals surface area contributed by atoms with Crippen LogP contribution in [0.15, 0.2) is 11.8 Å². The Hall–Kier alpha value is -0.0831. The van der Waals surface area contributed by atoms with E-state index in [4.69, 9.17) is 5.73 Å². The van der Waals surface area contributed by atoms with Crippen LogP contribution in [0.1, 0.15) is 13.3 Å². The first kappa shape index (κ1) is 9.92. The Morgan fingerprint density at radius 1 is 1.40 bits per heavy atom. The highest BCUT2D eigenvalue weighted by Crippen LogP contribution is 2.02. The summed E-state index contributed by atoms with van der Waals surface area (Å²) in [6.07, 6.45) is 3.24. The van der Waals surface area contributed by atoms with Crippen LogP contribution in [0.5, 0.6) is 0 Å². The van der Waals surface area contributed by atoms with Gasteiger partial charge in [0.1, 0.15) is 0 Å². The first-order valence-corrected chi connectivity index (χ1v) is 7.43. The maximum atomic E-state index is 5.59. The molecular formula is C8H19NSi. The van der Waals surface area contributed by atoms with Gasteiger partial charge in [-0.1, -0.05) is 31.4 Å². The van der Waals surface area contributed by atoms with Gasteiger partial charge in [0.05, 0.1) is 8.07 Å². The fourth-order valence-corrected chi connectivity index (χ4v) is 1.48. The van der Waals surface area contributed by atoms with Gasteiger partial charge in [-0.05, 0) is 13.3 Å². The maximum absolute atomic E-state index is 5.59. The lowest BCUT2D eigenvalue weighted by Gasteiger charge is -2.08. The fraction of sp³-hybridized carbons (Fsp3) is 0.750. The molecule has 60 valence electrons. The van der Waals surface area contributed by atoms with Crippen molar-refractivity contribution in [1.82, 2.24) is 0 Å². The van der Waals surface area contributed by atoms with Crippen molar-refractivity contribution in [2.75, 3.05) is 0 Å². The maximum Gasteiger partial charge on any atom is 0.0682 e. The molecule has 0 amide bonds. The lowest BCUT2D eigenvalue weighted by Crippen LogP contribution is -2.17. The van der Waals surface area contributed by atoms with E-state index in [1.165, 1.54) is 0 Å². The van der Waals surface area contributed by atoms with E-state index in [1.807, 2.05) is 6.92 Å². The van der Waals surface area contributed by atoms with E-state index in [2.05, 4.69) is 31.4 Å². The van der Waals surface area contributed by atoms with Crippen LogP contribution < -0.4 is 5.73 Å². The first-order valence-electron chi connectivity index (χ1n) is 3.85. The third-order valence-corrected chi connectivity index (χ3v) is 2.36. The summed E-state index contributed by atoms with van der Waals surface area (Å²) >= 11 is 0. The van der Waals surface area contributed by atoms with Gasteiger partial charge in [-0.2, -0.15) is 0 Å². The highest BCUT2D eigenvalue weighted by molar-refractivity contribution is 6.80. The van der Waals surface area contributed by atoms with Crippen molar-refractivity contribution in [1.29, 1.82) is 0 Å². The SMILES string of the molecule is C[C@H](N)C/C=C\[Si](C)(C)C. The smallest absolute Gasteiger partial charge is 0.0682 e. The molecule has 0 heterocycles. The van der Waals surface area contributed by atoms with E-state index < -0.39 is 8.07 Å². The normalized spacial score (nSPS) is 16.1. The second-order valence-electron chi connectivity index (χ2n) is 3.98. The van der Waals surface area contributed by atoms with Gasteiger partial charge in [-0.3, -0.25) is 0 Å².